The van der Waals surface area contributed by atoms with Crippen LogP contribution in [-0.2, 0) is 19.3 Å². The third-order valence-corrected chi connectivity index (χ3v) is 14.2. The topological polar surface area (TPSA) is 0 Å². The molecule has 4 rings (SSSR count). The van der Waals surface area contributed by atoms with Crippen molar-refractivity contribution in [3.63, 3.8) is 0 Å². The predicted molar refractivity (Wildman–Crippen MR) is 209 cm³/mol. The second-order valence-electron chi connectivity index (χ2n) is 14.0. The summed E-state index contributed by atoms with van der Waals surface area (Å²) in [7, 11) is 0. The first-order valence-corrected chi connectivity index (χ1v) is 21.0. The highest BCUT2D eigenvalue weighted by Crippen LogP contribution is 2.52. The Kier molecular flexibility index (Phi) is 14.4. The number of thioether (sulfide) groups is 1. The Hall–Kier alpha value is -1.29. The van der Waals surface area contributed by atoms with Crippen LogP contribution in [0, 0.1) is 24.7 Å². The lowest BCUT2D eigenvalue weighted by Gasteiger charge is -2.29. The van der Waals surface area contributed by atoms with E-state index in [1.54, 1.807) is 25.8 Å². The van der Waals surface area contributed by atoms with E-state index >= 15 is 0 Å². The van der Waals surface area contributed by atoms with Crippen LogP contribution >= 0.6 is 34.4 Å². The normalized spacial score (nSPS) is 17.4. The Bertz CT molecular complexity index is 1390. The molecule has 0 spiro atoms. The van der Waals surface area contributed by atoms with Crippen LogP contribution in [0.1, 0.15) is 146 Å². The maximum Gasteiger partial charge on any atom is 0.0363 e. The van der Waals surface area contributed by atoms with Gasteiger partial charge in [0.25, 0.3) is 0 Å². The van der Waals surface area contributed by atoms with Crippen LogP contribution in [-0.4, -0.2) is 5.25 Å². The summed E-state index contributed by atoms with van der Waals surface area (Å²) in [5.74, 6) is 2.20. The van der Waals surface area contributed by atoms with Crippen molar-refractivity contribution in [3.05, 3.63) is 56.3 Å². The van der Waals surface area contributed by atoms with Gasteiger partial charge in [-0.05, 0) is 110 Å². The van der Waals surface area contributed by atoms with Crippen LogP contribution in [0.4, 0.5) is 0 Å². The van der Waals surface area contributed by atoms with Gasteiger partial charge < -0.3 is 0 Å². The molecule has 0 fully saturated rings. The van der Waals surface area contributed by atoms with Gasteiger partial charge in [-0.1, -0.05) is 111 Å². The molecule has 0 radical (unpaired) electrons. The molecule has 45 heavy (non-hydrogen) atoms. The fraction of sp³-hybridized carbons (Fsp3) is 0.619. The molecule has 0 nitrogen and oxygen atoms in total. The zero-order valence-corrected chi connectivity index (χ0v) is 32.6. The van der Waals surface area contributed by atoms with Crippen LogP contribution in [0.2, 0.25) is 0 Å². The molecule has 2 aromatic heterocycles. The summed E-state index contributed by atoms with van der Waals surface area (Å²) in [6.07, 6.45) is 19.3. The Morgan fingerprint density at radius 2 is 1.38 bits per heavy atom. The van der Waals surface area contributed by atoms with E-state index < -0.39 is 0 Å². The second kappa shape index (κ2) is 17.7. The van der Waals surface area contributed by atoms with E-state index in [2.05, 4.69) is 127 Å². The Labute approximate surface area is 289 Å². The molecule has 0 aliphatic carbocycles. The molecule has 4 unspecified atom stereocenters. The van der Waals surface area contributed by atoms with Crippen LogP contribution in [0.15, 0.2) is 34.7 Å². The van der Waals surface area contributed by atoms with Gasteiger partial charge in [-0.3, -0.25) is 0 Å². The van der Waals surface area contributed by atoms with E-state index in [1.807, 2.05) is 0 Å². The summed E-state index contributed by atoms with van der Waals surface area (Å²) < 4.78 is 0. The van der Waals surface area contributed by atoms with Gasteiger partial charge in [0.05, 0.1) is 0 Å². The molecule has 3 aromatic rings. The standard InChI is InChI=1S/C42H62S3/c1-10-15-17-32(13-4)26-34-20-23-38(44-34)40-31(9)37(25-29(7)28(6)12-3)41(42-36(40)22-19-30(8)43-42)39-24-21-35(45-39)27-33(14-5)18-16-11-2/h20-21,23-25,28,30,32-33H,10-19,22,26-27H2,1-9H3/b29-25-. The number of fused-ring (bicyclic) bond motifs is 1. The lowest BCUT2D eigenvalue weighted by Crippen LogP contribution is -2.11. The minimum Gasteiger partial charge on any atom is -0.140 e. The summed E-state index contributed by atoms with van der Waals surface area (Å²) in [6.45, 7) is 21.4. The van der Waals surface area contributed by atoms with Gasteiger partial charge in [-0.15, -0.1) is 34.4 Å². The maximum atomic E-state index is 2.59. The van der Waals surface area contributed by atoms with Crippen molar-refractivity contribution in [2.75, 3.05) is 0 Å². The Morgan fingerprint density at radius 1 is 0.822 bits per heavy atom. The zero-order valence-electron chi connectivity index (χ0n) is 30.1. The first-order valence-electron chi connectivity index (χ1n) is 18.5. The molecule has 248 valence electrons. The second-order valence-corrected chi connectivity index (χ2v) is 17.8. The highest BCUT2D eigenvalue weighted by atomic mass is 32.2. The monoisotopic (exact) mass is 662 g/mol. The van der Waals surface area contributed by atoms with Crippen LogP contribution in [0.25, 0.3) is 27.0 Å². The van der Waals surface area contributed by atoms with Crippen molar-refractivity contribution in [3.8, 4) is 20.9 Å². The van der Waals surface area contributed by atoms with Gasteiger partial charge in [0.2, 0.25) is 0 Å². The van der Waals surface area contributed by atoms with Crippen LogP contribution in [0.3, 0.4) is 0 Å². The first kappa shape index (κ1) is 36.5. The van der Waals surface area contributed by atoms with E-state index in [-0.39, 0.29) is 0 Å². The highest BCUT2D eigenvalue weighted by molar-refractivity contribution is 8.00. The fourth-order valence-corrected chi connectivity index (χ4v) is 10.9. The molecule has 0 saturated carbocycles. The van der Waals surface area contributed by atoms with Gasteiger partial charge in [0.1, 0.15) is 0 Å². The molecular formula is C42H62S3. The molecule has 0 bridgehead atoms. The molecule has 1 aromatic carbocycles. The number of benzene rings is 1. The number of hydrogen-bond acceptors (Lipinski definition) is 3. The summed E-state index contributed by atoms with van der Waals surface area (Å²) >= 11 is 6.32. The van der Waals surface area contributed by atoms with Crippen LogP contribution < -0.4 is 0 Å². The third kappa shape index (κ3) is 9.20. The van der Waals surface area contributed by atoms with Gasteiger partial charge in [0, 0.05) is 35.2 Å². The zero-order chi connectivity index (χ0) is 32.5. The number of hydrogen-bond donors (Lipinski definition) is 0. The molecule has 1 aliphatic rings. The molecule has 0 saturated heterocycles. The lowest BCUT2D eigenvalue weighted by molar-refractivity contribution is 0.452. The molecule has 3 heterocycles. The quantitative estimate of drug-likeness (QED) is 0.139. The van der Waals surface area contributed by atoms with Crippen molar-refractivity contribution >= 4 is 40.5 Å². The van der Waals surface area contributed by atoms with Gasteiger partial charge in [0.15, 0.2) is 0 Å². The SMILES string of the molecule is CCCCC(CC)Cc1ccc(-c2c(C)c(/C=C(/C)C(C)CC)c(-c3ccc(CC(CC)CCCC)s3)c3c2CCC(C)S3)s1. The molecule has 0 amide bonds. The molecular weight excluding hydrogens is 601 g/mol. The van der Waals surface area contributed by atoms with E-state index in [4.69, 9.17) is 0 Å². The fourth-order valence-electron chi connectivity index (χ4n) is 7.06. The average molecular weight is 663 g/mol. The van der Waals surface area contributed by atoms with Gasteiger partial charge in [-0.2, -0.15) is 0 Å². The van der Waals surface area contributed by atoms with E-state index in [1.165, 1.54) is 115 Å². The van der Waals surface area contributed by atoms with Crippen LogP contribution in [0.5, 0.6) is 0 Å². The van der Waals surface area contributed by atoms with E-state index in [9.17, 15) is 0 Å². The minimum atomic E-state index is 0.591. The van der Waals surface area contributed by atoms with Crippen molar-refractivity contribution < 1.29 is 0 Å². The smallest absolute Gasteiger partial charge is 0.0363 e. The highest BCUT2D eigenvalue weighted by Gasteiger charge is 2.29. The maximum absolute atomic E-state index is 2.59. The van der Waals surface area contributed by atoms with Gasteiger partial charge >= 0.3 is 0 Å². The molecule has 0 N–H and O–H groups in total. The van der Waals surface area contributed by atoms with Crippen molar-refractivity contribution in [2.45, 2.75) is 156 Å². The average Bonchev–Trinajstić information content (AvgIpc) is 3.70. The van der Waals surface area contributed by atoms with Gasteiger partial charge in [-0.25, -0.2) is 0 Å². The van der Waals surface area contributed by atoms with Crippen molar-refractivity contribution in [1.82, 2.24) is 0 Å². The summed E-state index contributed by atoms with van der Waals surface area (Å²) in [5.41, 5.74) is 9.20. The largest absolute Gasteiger partial charge is 0.140 e. The number of rotatable bonds is 17. The number of allylic oxidation sites excluding steroid dienone is 1. The number of unbranched alkanes of at least 4 members (excludes halogenated alkanes) is 2. The number of thiophene rings is 2. The Balaban J connectivity index is 1.86. The Morgan fingerprint density at radius 3 is 1.89 bits per heavy atom. The summed E-state index contributed by atoms with van der Waals surface area (Å²) in [4.78, 5) is 7.71. The van der Waals surface area contributed by atoms with E-state index in [0.29, 0.717) is 11.2 Å². The van der Waals surface area contributed by atoms with Crippen molar-refractivity contribution in [2.24, 2.45) is 17.8 Å². The first-order chi connectivity index (χ1) is 21.7. The molecule has 1 aliphatic heterocycles. The van der Waals surface area contributed by atoms with Crippen molar-refractivity contribution in [1.29, 1.82) is 0 Å². The third-order valence-electron chi connectivity index (χ3n) is 10.6. The summed E-state index contributed by atoms with van der Waals surface area (Å²) in [6, 6.07) is 9.87. The predicted octanol–water partition coefficient (Wildman–Crippen LogP) is 14.8. The lowest BCUT2D eigenvalue weighted by atomic mass is 9.86. The molecule has 3 heteroatoms. The van der Waals surface area contributed by atoms with E-state index in [0.717, 1.165) is 11.8 Å². The molecule has 4 atom stereocenters. The minimum absolute atomic E-state index is 0.591. The summed E-state index contributed by atoms with van der Waals surface area (Å²) in [5, 5.41) is 0.653.